The van der Waals surface area contributed by atoms with Crippen LogP contribution in [0.3, 0.4) is 0 Å². The van der Waals surface area contributed by atoms with Crippen LogP contribution in [0.5, 0.6) is 0 Å². The second-order valence-electron chi connectivity index (χ2n) is 2.56. The van der Waals surface area contributed by atoms with E-state index in [4.69, 9.17) is 0 Å². The fourth-order valence-electron chi connectivity index (χ4n) is 0.949. The molecule has 0 heterocycles. The lowest BCUT2D eigenvalue weighted by Gasteiger charge is -2.03. The van der Waals surface area contributed by atoms with Gasteiger partial charge in [0.2, 0.25) is 0 Å². The van der Waals surface area contributed by atoms with Gasteiger partial charge in [0, 0.05) is 15.7 Å². The molecule has 80 valence electrons. The predicted octanol–water partition coefficient (Wildman–Crippen LogP) is 1.49. The van der Waals surface area contributed by atoms with Crippen molar-refractivity contribution < 1.29 is 14.6 Å². The molecule has 0 bridgehead atoms. The Morgan fingerprint density at radius 3 is 2.73 bits per heavy atom. The van der Waals surface area contributed by atoms with Crippen molar-refractivity contribution in [2.24, 2.45) is 0 Å². The number of amides is 1. The van der Waals surface area contributed by atoms with Gasteiger partial charge < -0.3 is 0 Å². The molecule has 0 aromatic heterocycles. The fraction of sp³-hybridized carbons (Fsp3) is 0.125. The first-order valence-corrected chi connectivity index (χ1v) is 4.91. The van der Waals surface area contributed by atoms with Crippen molar-refractivity contribution in [1.82, 2.24) is 5.48 Å². The van der Waals surface area contributed by atoms with Gasteiger partial charge >= 0.3 is 0 Å². The van der Waals surface area contributed by atoms with Crippen molar-refractivity contribution in [1.29, 1.82) is 0 Å². The molecule has 1 amide bonds. The summed E-state index contributed by atoms with van der Waals surface area (Å²) in [5.74, 6) is -0.434. The number of rotatable bonds is 3. The molecule has 0 aliphatic heterocycles. The van der Waals surface area contributed by atoms with Gasteiger partial charge in [0.15, 0.2) is 0 Å². The molecule has 7 heteroatoms. The van der Waals surface area contributed by atoms with Crippen LogP contribution in [0.1, 0.15) is 10.4 Å². The minimum atomic E-state index is -0.514. The van der Waals surface area contributed by atoms with Crippen LogP contribution in [0.25, 0.3) is 0 Å². The third-order valence-electron chi connectivity index (χ3n) is 1.60. The summed E-state index contributed by atoms with van der Waals surface area (Å²) >= 11 is 1.85. The average Bonchev–Trinajstić information content (AvgIpc) is 2.17. The van der Waals surface area contributed by atoms with Gasteiger partial charge in [-0.05, 0) is 28.7 Å². The molecule has 1 aromatic carbocycles. The Morgan fingerprint density at radius 1 is 1.60 bits per heavy atom. The van der Waals surface area contributed by atoms with E-state index < -0.39 is 10.8 Å². The molecule has 0 unspecified atom stereocenters. The summed E-state index contributed by atoms with van der Waals surface area (Å²) in [6.45, 7) is 0. The van der Waals surface area contributed by atoms with Crippen molar-refractivity contribution in [3.63, 3.8) is 0 Å². The summed E-state index contributed by atoms with van der Waals surface area (Å²) < 4.78 is 0.497. The Balaban J connectivity index is 3.03. The lowest BCUT2D eigenvalue weighted by atomic mass is 10.2. The third kappa shape index (κ3) is 2.86. The Hall–Kier alpha value is -1.22. The van der Waals surface area contributed by atoms with E-state index in [1.807, 2.05) is 22.6 Å². The molecule has 6 nitrogen and oxygen atoms in total. The zero-order chi connectivity index (χ0) is 11.4. The van der Waals surface area contributed by atoms with Crippen molar-refractivity contribution in [2.45, 2.75) is 0 Å². The molecule has 0 atom stereocenters. The van der Waals surface area contributed by atoms with Gasteiger partial charge in [-0.25, -0.2) is 5.48 Å². The molecule has 0 aliphatic carbocycles. The minimum Gasteiger partial charge on any atom is -0.277 e. The van der Waals surface area contributed by atoms with Crippen LogP contribution in [0.4, 0.5) is 5.69 Å². The van der Waals surface area contributed by atoms with Crippen LogP contribution in [-0.2, 0) is 4.84 Å². The van der Waals surface area contributed by atoms with Crippen LogP contribution in [0, 0.1) is 13.7 Å². The first-order valence-electron chi connectivity index (χ1n) is 3.83. The van der Waals surface area contributed by atoms with Gasteiger partial charge in [-0.1, -0.05) is 0 Å². The molecule has 0 saturated heterocycles. The van der Waals surface area contributed by atoms with Crippen molar-refractivity contribution >= 4 is 34.2 Å². The highest BCUT2D eigenvalue weighted by molar-refractivity contribution is 14.1. The van der Waals surface area contributed by atoms with Gasteiger partial charge in [-0.3, -0.25) is 19.7 Å². The van der Waals surface area contributed by atoms with E-state index in [2.05, 4.69) is 10.3 Å². The zero-order valence-corrected chi connectivity index (χ0v) is 9.85. The minimum absolute atomic E-state index is 0.0478. The second-order valence-corrected chi connectivity index (χ2v) is 3.72. The molecule has 0 spiro atoms. The lowest BCUT2D eigenvalue weighted by Crippen LogP contribution is -2.22. The first kappa shape index (κ1) is 11.9. The maximum atomic E-state index is 11.3. The monoisotopic (exact) mass is 322 g/mol. The zero-order valence-electron chi connectivity index (χ0n) is 7.69. The normalized spacial score (nSPS) is 9.73. The summed E-state index contributed by atoms with van der Waals surface area (Å²) in [4.78, 5) is 25.7. The predicted molar refractivity (Wildman–Crippen MR) is 60.3 cm³/mol. The fourth-order valence-corrected chi connectivity index (χ4v) is 1.69. The molecule has 1 N–H and O–H groups in total. The number of hydrogen-bond donors (Lipinski definition) is 1. The van der Waals surface area contributed by atoms with Crippen molar-refractivity contribution in [3.8, 4) is 0 Å². The summed E-state index contributed by atoms with van der Waals surface area (Å²) in [6, 6.07) is 3.98. The van der Waals surface area contributed by atoms with Crippen LogP contribution >= 0.6 is 22.6 Å². The summed E-state index contributed by atoms with van der Waals surface area (Å²) in [6.07, 6.45) is 0. The molecular weight excluding hydrogens is 315 g/mol. The molecular formula is C8H7IN2O4. The number of nitro benzene ring substituents is 1. The standard InChI is InChI=1S/C8H7IN2O4/c1-15-10-8(12)6-3-2-5(11(13)14)4-7(6)9/h2-4H,1H3,(H,10,12). The van der Waals surface area contributed by atoms with E-state index >= 15 is 0 Å². The Morgan fingerprint density at radius 2 is 2.27 bits per heavy atom. The molecule has 0 aliphatic rings. The average molecular weight is 322 g/mol. The lowest BCUT2D eigenvalue weighted by molar-refractivity contribution is -0.384. The SMILES string of the molecule is CONC(=O)c1ccc([N+](=O)[O-])cc1I. The Bertz CT molecular complexity index is 408. The van der Waals surface area contributed by atoms with Crippen LogP contribution in [0.15, 0.2) is 18.2 Å². The van der Waals surface area contributed by atoms with Gasteiger partial charge in [0.1, 0.15) is 0 Å². The summed E-state index contributed by atoms with van der Waals surface area (Å²) in [5.41, 5.74) is 2.43. The second kappa shape index (κ2) is 5.03. The highest BCUT2D eigenvalue weighted by atomic mass is 127. The van der Waals surface area contributed by atoms with Gasteiger partial charge in [-0.15, -0.1) is 0 Å². The third-order valence-corrected chi connectivity index (χ3v) is 2.50. The number of carbonyl (C=O) groups excluding carboxylic acids is 1. The molecule has 0 fully saturated rings. The topological polar surface area (TPSA) is 81.5 Å². The van der Waals surface area contributed by atoms with Gasteiger partial charge in [0.25, 0.3) is 11.6 Å². The van der Waals surface area contributed by atoms with E-state index in [1.54, 1.807) is 0 Å². The van der Waals surface area contributed by atoms with Crippen LogP contribution in [-0.4, -0.2) is 17.9 Å². The number of non-ortho nitro benzene ring substituents is 1. The number of nitrogens with zero attached hydrogens (tertiary/aromatic N) is 1. The maximum Gasteiger partial charge on any atom is 0.275 e. The van der Waals surface area contributed by atoms with E-state index in [1.165, 1.54) is 25.3 Å². The summed E-state index contributed by atoms with van der Waals surface area (Å²) in [7, 11) is 1.32. The van der Waals surface area contributed by atoms with E-state index in [9.17, 15) is 14.9 Å². The molecule has 0 radical (unpaired) electrons. The highest BCUT2D eigenvalue weighted by Crippen LogP contribution is 2.19. The molecule has 0 saturated carbocycles. The van der Waals surface area contributed by atoms with Crippen LogP contribution in [0.2, 0.25) is 0 Å². The van der Waals surface area contributed by atoms with E-state index in [0.717, 1.165) is 0 Å². The quantitative estimate of drug-likeness (QED) is 0.519. The first-order chi connectivity index (χ1) is 7.06. The Labute approximate surface area is 98.9 Å². The van der Waals surface area contributed by atoms with Crippen molar-refractivity contribution in [2.75, 3.05) is 7.11 Å². The number of hydroxylamine groups is 1. The van der Waals surface area contributed by atoms with Gasteiger partial charge in [0.05, 0.1) is 17.6 Å². The van der Waals surface area contributed by atoms with Gasteiger partial charge in [-0.2, -0.15) is 0 Å². The van der Waals surface area contributed by atoms with Crippen LogP contribution < -0.4 is 5.48 Å². The molecule has 1 aromatic rings. The number of benzene rings is 1. The highest BCUT2D eigenvalue weighted by Gasteiger charge is 2.13. The number of nitrogens with one attached hydrogen (secondary N) is 1. The van der Waals surface area contributed by atoms with E-state index in [-0.39, 0.29) is 5.69 Å². The number of nitro groups is 1. The Kier molecular flexibility index (Phi) is 3.97. The number of carbonyl (C=O) groups is 1. The number of halogens is 1. The maximum absolute atomic E-state index is 11.3. The largest absolute Gasteiger partial charge is 0.277 e. The smallest absolute Gasteiger partial charge is 0.275 e. The summed E-state index contributed by atoms with van der Waals surface area (Å²) in [5, 5.41) is 10.4. The molecule has 15 heavy (non-hydrogen) atoms. The number of hydrogen-bond acceptors (Lipinski definition) is 4. The van der Waals surface area contributed by atoms with E-state index in [0.29, 0.717) is 9.13 Å². The molecule has 1 rings (SSSR count). The van der Waals surface area contributed by atoms with Crippen molar-refractivity contribution in [3.05, 3.63) is 37.4 Å².